The smallest absolute Gasteiger partial charge is 0.327 e. The van der Waals surface area contributed by atoms with E-state index in [1.165, 1.54) is 40.5 Å². The van der Waals surface area contributed by atoms with Crippen LogP contribution in [0, 0.1) is 0 Å². The molecule has 6 nitrogen and oxygen atoms in total. The molecule has 1 aromatic heterocycles. The number of fused-ring (bicyclic) bond motifs is 2. The summed E-state index contributed by atoms with van der Waals surface area (Å²) in [4.78, 5) is 25.3. The number of benzene rings is 1. The van der Waals surface area contributed by atoms with Crippen LogP contribution in [0.25, 0.3) is 5.57 Å². The van der Waals surface area contributed by atoms with Crippen molar-refractivity contribution in [2.75, 3.05) is 18.8 Å². The van der Waals surface area contributed by atoms with Gasteiger partial charge in [0.15, 0.2) is 0 Å². The van der Waals surface area contributed by atoms with Crippen molar-refractivity contribution in [2.24, 2.45) is 0 Å². The number of nitrogens with one attached hydrogen (secondary N) is 2. The van der Waals surface area contributed by atoms with Gasteiger partial charge in [0.2, 0.25) is 5.91 Å². The van der Waals surface area contributed by atoms with Crippen LogP contribution in [0.5, 0.6) is 0 Å². The molecule has 8 heteroatoms. The van der Waals surface area contributed by atoms with Crippen LogP contribution in [0.3, 0.4) is 0 Å². The van der Waals surface area contributed by atoms with Crippen LogP contribution in [-0.4, -0.2) is 46.9 Å². The number of aromatic nitrogens is 1. The average Bonchev–Trinajstić information content (AvgIpc) is 2.95. The first-order chi connectivity index (χ1) is 15.4. The first kappa shape index (κ1) is 24.3. The summed E-state index contributed by atoms with van der Waals surface area (Å²) >= 11 is 9.97. The molecule has 1 aliphatic heterocycles. The van der Waals surface area contributed by atoms with Crippen molar-refractivity contribution in [2.45, 2.75) is 38.6 Å². The number of amides is 1. The molecule has 1 atom stereocenters. The molecular weight excluding hydrogens is 446 g/mol. The summed E-state index contributed by atoms with van der Waals surface area (Å²) < 4.78 is 0. The molecule has 1 aliphatic carbocycles. The average molecular weight is 474 g/mol. The quantitative estimate of drug-likeness (QED) is 0.512. The number of aryl methyl sites for hydroxylation is 2. The first-order valence-corrected chi connectivity index (χ1v) is 11.7. The van der Waals surface area contributed by atoms with Crippen LogP contribution in [0.1, 0.15) is 42.1 Å². The van der Waals surface area contributed by atoms with Crippen LogP contribution in [0.2, 0.25) is 5.02 Å². The van der Waals surface area contributed by atoms with Crippen molar-refractivity contribution in [3.63, 3.8) is 0 Å². The molecule has 0 bridgehead atoms. The van der Waals surface area contributed by atoms with E-state index in [-0.39, 0.29) is 11.7 Å². The van der Waals surface area contributed by atoms with Gasteiger partial charge < -0.3 is 15.7 Å². The van der Waals surface area contributed by atoms with Crippen molar-refractivity contribution in [1.82, 2.24) is 15.6 Å². The number of thiol groups is 1. The Morgan fingerprint density at radius 1 is 1.19 bits per heavy atom. The minimum absolute atomic E-state index is 0.106. The Morgan fingerprint density at radius 2 is 1.91 bits per heavy atom. The van der Waals surface area contributed by atoms with Gasteiger partial charge in [0.25, 0.3) is 0 Å². The lowest BCUT2D eigenvalue weighted by Crippen LogP contribution is -2.40. The molecule has 0 saturated carbocycles. The van der Waals surface area contributed by atoms with Crippen LogP contribution in [-0.2, 0) is 22.4 Å². The van der Waals surface area contributed by atoms with Gasteiger partial charge in [0.1, 0.15) is 6.04 Å². The molecule has 0 spiro atoms. The van der Waals surface area contributed by atoms with E-state index in [0.29, 0.717) is 0 Å². The molecule has 0 radical (unpaired) electrons. The van der Waals surface area contributed by atoms with E-state index in [1.54, 1.807) is 0 Å². The third-order valence-corrected chi connectivity index (χ3v) is 6.15. The molecule has 3 N–H and O–H groups in total. The zero-order valence-electron chi connectivity index (χ0n) is 18.0. The topological polar surface area (TPSA) is 91.3 Å². The number of rotatable bonds is 3. The summed E-state index contributed by atoms with van der Waals surface area (Å²) in [7, 11) is 0. The number of nitrogens with zero attached hydrogens (tertiary/aromatic N) is 1. The Morgan fingerprint density at radius 3 is 2.53 bits per heavy atom. The second-order valence-corrected chi connectivity index (χ2v) is 8.62. The minimum atomic E-state index is -1.06. The van der Waals surface area contributed by atoms with E-state index in [1.807, 2.05) is 18.3 Å². The van der Waals surface area contributed by atoms with Gasteiger partial charge in [-0.15, -0.1) is 0 Å². The monoisotopic (exact) mass is 473 g/mol. The number of carbonyl (C=O) groups excluding carboxylic acids is 1. The van der Waals surface area contributed by atoms with Crippen LogP contribution in [0.15, 0.2) is 42.1 Å². The molecule has 4 rings (SSSR count). The molecule has 32 heavy (non-hydrogen) atoms. The molecule has 170 valence electrons. The van der Waals surface area contributed by atoms with E-state index in [0.717, 1.165) is 43.8 Å². The zero-order valence-corrected chi connectivity index (χ0v) is 19.7. The number of pyridine rings is 1. The highest BCUT2D eigenvalue weighted by molar-refractivity contribution is 7.80. The summed E-state index contributed by atoms with van der Waals surface area (Å²) in [6.45, 7) is 3.38. The second-order valence-electron chi connectivity index (χ2n) is 7.82. The predicted octanol–water partition coefficient (Wildman–Crippen LogP) is 3.52. The van der Waals surface area contributed by atoms with E-state index in [4.69, 9.17) is 21.7 Å². The molecular formula is C24H28ClN3O3S. The van der Waals surface area contributed by atoms with Gasteiger partial charge in [-0.25, -0.2) is 4.79 Å². The predicted molar refractivity (Wildman–Crippen MR) is 130 cm³/mol. The van der Waals surface area contributed by atoms with Crippen molar-refractivity contribution < 1.29 is 14.7 Å². The lowest BCUT2D eigenvalue weighted by Gasteiger charge is -2.21. The van der Waals surface area contributed by atoms with Crippen LogP contribution in [0.4, 0.5) is 0 Å². The van der Waals surface area contributed by atoms with Crippen molar-refractivity contribution in [1.29, 1.82) is 0 Å². The van der Waals surface area contributed by atoms with Gasteiger partial charge in [0.05, 0.1) is 5.69 Å². The highest BCUT2D eigenvalue weighted by atomic mass is 35.5. The van der Waals surface area contributed by atoms with Gasteiger partial charge in [-0.3, -0.25) is 9.78 Å². The van der Waals surface area contributed by atoms with Crippen LogP contribution < -0.4 is 10.6 Å². The van der Waals surface area contributed by atoms with E-state index in [2.05, 4.69) is 41.5 Å². The van der Waals surface area contributed by atoms with Gasteiger partial charge >= 0.3 is 5.97 Å². The summed E-state index contributed by atoms with van der Waals surface area (Å²) in [6, 6.07) is 9.72. The van der Waals surface area contributed by atoms with Gasteiger partial charge in [-0.2, -0.15) is 12.6 Å². The van der Waals surface area contributed by atoms with E-state index < -0.39 is 12.0 Å². The fraction of sp³-hybridized carbons (Fsp3) is 0.375. The molecule has 0 unspecified atom stereocenters. The number of piperidine rings is 1. The van der Waals surface area contributed by atoms with E-state index >= 15 is 0 Å². The van der Waals surface area contributed by atoms with Gasteiger partial charge in [-0.1, -0.05) is 29.3 Å². The van der Waals surface area contributed by atoms with E-state index in [9.17, 15) is 9.59 Å². The maximum absolute atomic E-state index is 10.3. The number of hydrogen-bond donors (Lipinski definition) is 4. The molecule has 2 aromatic rings. The Balaban J connectivity index is 0.000000247. The van der Waals surface area contributed by atoms with Crippen molar-refractivity contribution in [3.05, 3.63) is 69.5 Å². The minimum Gasteiger partial charge on any atom is -0.480 e. The number of carboxylic acid groups (broad SMARTS) is 1. The number of aliphatic carboxylic acids is 1. The Bertz CT molecular complexity index is 1020. The maximum Gasteiger partial charge on any atom is 0.327 e. The Hall–Kier alpha value is -2.35. The Kier molecular flexibility index (Phi) is 8.73. The molecule has 1 aromatic carbocycles. The number of halogens is 1. The molecule has 1 fully saturated rings. The number of carbonyl (C=O) groups is 2. The highest BCUT2D eigenvalue weighted by Crippen LogP contribution is 2.37. The summed E-state index contributed by atoms with van der Waals surface area (Å²) in [5.41, 5.74) is 8.12. The maximum atomic E-state index is 10.3. The molecule has 2 aliphatic rings. The summed E-state index contributed by atoms with van der Waals surface area (Å²) in [6.07, 6.45) is 6.19. The SMILES string of the molecule is CC(=O)N[C@@H](CS)C(=O)O.Clc1ccc2c(c1)CCc1cccnc1C2=C1CCNCC1. The van der Waals surface area contributed by atoms with Gasteiger partial charge in [-0.05, 0) is 73.7 Å². The lowest BCUT2D eigenvalue weighted by atomic mass is 9.89. The third kappa shape index (κ3) is 6.12. The summed E-state index contributed by atoms with van der Waals surface area (Å²) in [5.74, 6) is -1.32. The second kappa shape index (κ2) is 11.5. The Labute approximate surface area is 198 Å². The molecule has 1 amide bonds. The van der Waals surface area contributed by atoms with Crippen LogP contribution >= 0.6 is 24.2 Å². The van der Waals surface area contributed by atoms with Gasteiger partial charge in [0, 0.05) is 29.5 Å². The molecule has 1 saturated heterocycles. The lowest BCUT2D eigenvalue weighted by molar-refractivity contribution is -0.140. The third-order valence-electron chi connectivity index (χ3n) is 5.55. The van der Waals surface area contributed by atoms with Crippen molar-refractivity contribution >= 4 is 41.7 Å². The normalized spacial score (nSPS) is 16.0. The highest BCUT2D eigenvalue weighted by Gasteiger charge is 2.23. The first-order valence-electron chi connectivity index (χ1n) is 10.7. The standard InChI is InChI=1S/C19H19ClN2.C5H9NO3S/c20-16-5-6-17-15(12-16)4-3-14-2-1-9-22-19(14)18(17)13-7-10-21-11-8-13;1-3(7)6-4(2-10)5(8)9/h1-2,5-6,9,12,21H,3-4,7-8,10-11H2;4,10H,2H2,1H3,(H,6,7)(H,8,9)/t;4-/m.0/s1. The zero-order chi connectivity index (χ0) is 23.1. The van der Waals surface area contributed by atoms with Crippen molar-refractivity contribution in [3.8, 4) is 0 Å². The fourth-order valence-electron chi connectivity index (χ4n) is 4.04. The number of hydrogen-bond acceptors (Lipinski definition) is 5. The molecule has 2 heterocycles. The largest absolute Gasteiger partial charge is 0.480 e. The number of carboxylic acids is 1. The summed E-state index contributed by atoms with van der Waals surface area (Å²) in [5, 5.41) is 14.8. The fourth-order valence-corrected chi connectivity index (χ4v) is 4.48.